The molecule has 0 aliphatic rings. The van der Waals surface area contributed by atoms with Crippen LogP contribution in [0.25, 0.3) is 0 Å². The molecule has 3 nitrogen and oxygen atoms in total. The number of nitrogens with zero attached hydrogens (tertiary/aromatic N) is 1. The number of hydrogen-bond donors (Lipinski definition) is 1. The molecule has 4 heteroatoms. The second-order valence-electron chi connectivity index (χ2n) is 2.87. The maximum atomic E-state index is 11.1. The molecule has 0 aromatic carbocycles. The Morgan fingerprint density at radius 2 is 2.15 bits per heavy atom. The van der Waals surface area contributed by atoms with Gasteiger partial charge in [0.1, 0.15) is 0 Å². The molecule has 0 heterocycles. The van der Waals surface area contributed by atoms with Crippen LogP contribution < -0.4 is 5.32 Å². The van der Waals surface area contributed by atoms with Gasteiger partial charge < -0.3 is 10.2 Å². The standard InChI is InChI=1S/C9H17ClN2O/c1-12(2)9(13)5-8-11-7-4-3-6-10/h3-4,11H,5-8H2,1-2H3/b4-3+. The first-order valence-corrected chi connectivity index (χ1v) is 4.83. The fourth-order valence-electron chi connectivity index (χ4n) is 0.751. The monoisotopic (exact) mass is 204 g/mol. The molecule has 0 atom stereocenters. The molecule has 0 unspecified atom stereocenters. The van der Waals surface area contributed by atoms with Gasteiger partial charge in [-0.15, -0.1) is 11.6 Å². The fraction of sp³-hybridized carbons (Fsp3) is 0.667. The number of carbonyl (C=O) groups is 1. The molecule has 0 aromatic heterocycles. The van der Waals surface area contributed by atoms with Crippen LogP contribution in [-0.4, -0.2) is 43.9 Å². The van der Waals surface area contributed by atoms with Gasteiger partial charge in [0.05, 0.1) is 0 Å². The van der Waals surface area contributed by atoms with Crippen molar-refractivity contribution in [3.8, 4) is 0 Å². The van der Waals surface area contributed by atoms with Crippen LogP contribution in [0, 0.1) is 0 Å². The SMILES string of the molecule is CN(C)C(=O)CCNC/C=C/CCl. The van der Waals surface area contributed by atoms with Crippen LogP contribution in [-0.2, 0) is 4.79 Å². The van der Waals surface area contributed by atoms with Crippen LogP contribution in [0.5, 0.6) is 0 Å². The van der Waals surface area contributed by atoms with Crippen LogP contribution in [0.15, 0.2) is 12.2 Å². The topological polar surface area (TPSA) is 32.3 Å². The van der Waals surface area contributed by atoms with Gasteiger partial charge in [-0.3, -0.25) is 4.79 Å². The van der Waals surface area contributed by atoms with Gasteiger partial charge in [-0.2, -0.15) is 0 Å². The molecule has 1 N–H and O–H groups in total. The van der Waals surface area contributed by atoms with Crippen molar-refractivity contribution in [2.75, 3.05) is 33.1 Å². The van der Waals surface area contributed by atoms with Crippen LogP contribution in [0.2, 0.25) is 0 Å². The Morgan fingerprint density at radius 3 is 2.69 bits per heavy atom. The highest BCUT2D eigenvalue weighted by Crippen LogP contribution is 1.84. The number of rotatable bonds is 6. The number of halogens is 1. The fourth-order valence-corrected chi connectivity index (χ4v) is 0.877. The third-order valence-electron chi connectivity index (χ3n) is 1.53. The van der Waals surface area contributed by atoms with Gasteiger partial charge >= 0.3 is 0 Å². The third-order valence-corrected chi connectivity index (χ3v) is 1.71. The first-order valence-electron chi connectivity index (χ1n) is 4.30. The lowest BCUT2D eigenvalue weighted by atomic mass is 10.4. The van der Waals surface area contributed by atoms with Crippen LogP contribution in [0.4, 0.5) is 0 Å². The van der Waals surface area contributed by atoms with Crippen molar-refractivity contribution < 1.29 is 4.79 Å². The average molecular weight is 205 g/mol. The summed E-state index contributed by atoms with van der Waals surface area (Å²) in [7, 11) is 3.52. The molecule has 1 amide bonds. The van der Waals surface area contributed by atoms with E-state index in [0.29, 0.717) is 18.8 Å². The summed E-state index contributed by atoms with van der Waals surface area (Å²) in [5.74, 6) is 0.687. The zero-order chi connectivity index (χ0) is 10.1. The number of nitrogens with one attached hydrogen (secondary N) is 1. The highest BCUT2D eigenvalue weighted by Gasteiger charge is 2.00. The van der Waals surface area contributed by atoms with E-state index >= 15 is 0 Å². The molecule has 0 aliphatic carbocycles. The van der Waals surface area contributed by atoms with Gasteiger partial charge in [0.15, 0.2) is 0 Å². The van der Waals surface area contributed by atoms with E-state index in [1.165, 1.54) is 0 Å². The van der Waals surface area contributed by atoms with Crippen molar-refractivity contribution in [1.82, 2.24) is 10.2 Å². The minimum Gasteiger partial charge on any atom is -0.349 e. The molecular weight excluding hydrogens is 188 g/mol. The van der Waals surface area contributed by atoms with Crippen molar-refractivity contribution >= 4 is 17.5 Å². The highest BCUT2D eigenvalue weighted by atomic mass is 35.5. The lowest BCUT2D eigenvalue weighted by molar-refractivity contribution is -0.128. The van der Waals surface area contributed by atoms with Crippen molar-refractivity contribution in [1.29, 1.82) is 0 Å². The maximum absolute atomic E-state index is 11.1. The molecule has 13 heavy (non-hydrogen) atoms. The molecule has 0 radical (unpaired) electrons. The summed E-state index contributed by atoms with van der Waals surface area (Å²) < 4.78 is 0. The minimum atomic E-state index is 0.147. The number of alkyl halides is 1. The van der Waals surface area contributed by atoms with Crippen LogP contribution >= 0.6 is 11.6 Å². The average Bonchev–Trinajstić information content (AvgIpc) is 2.10. The van der Waals surface area contributed by atoms with E-state index in [0.717, 1.165) is 6.54 Å². The molecule has 76 valence electrons. The molecule has 0 saturated carbocycles. The van der Waals surface area contributed by atoms with Crippen LogP contribution in [0.1, 0.15) is 6.42 Å². The molecule has 0 aliphatic heterocycles. The first-order chi connectivity index (χ1) is 6.18. The third kappa shape index (κ3) is 7.81. The minimum absolute atomic E-state index is 0.147. The van der Waals surface area contributed by atoms with E-state index in [1.54, 1.807) is 19.0 Å². The molecular formula is C9H17ClN2O. The number of allylic oxidation sites excluding steroid dienone is 1. The van der Waals surface area contributed by atoms with Crippen LogP contribution in [0.3, 0.4) is 0 Å². The second kappa shape index (κ2) is 8.08. The number of hydrogen-bond acceptors (Lipinski definition) is 2. The quantitative estimate of drug-likeness (QED) is 0.395. The summed E-state index contributed by atoms with van der Waals surface area (Å²) in [5, 5.41) is 3.11. The molecule has 0 rings (SSSR count). The molecule has 0 fully saturated rings. The maximum Gasteiger partial charge on any atom is 0.223 e. The normalized spacial score (nSPS) is 10.7. The van der Waals surface area contributed by atoms with E-state index in [1.807, 2.05) is 12.2 Å². The van der Waals surface area contributed by atoms with Crippen molar-refractivity contribution in [3.05, 3.63) is 12.2 Å². The Hall–Kier alpha value is -0.540. The molecule has 0 aromatic rings. The zero-order valence-corrected chi connectivity index (χ0v) is 8.97. The van der Waals surface area contributed by atoms with Gasteiger partial charge in [0.25, 0.3) is 0 Å². The number of carbonyl (C=O) groups excluding carboxylic acids is 1. The van der Waals surface area contributed by atoms with Gasteiger partial charge in [-0.1, -0.05) is 12.2 Å². The predicted octanol–water partition coefficient (Wildman–Crippen LogP) is 0.849. The van der Waals surface area contributed by atoms with Crippen molar-refractivity contribution in [2.24, 2.45) is 0 Å². The van der Waals surface area contributed by atoms with Gasteiger partial charge in [0, 0.05) is 39.5 Å². The summed E-state index contributed by atoms with van der Waals surface area (Å²) in [4.78, 5) is 12.7. The highest BCUT2D eigenvalue weighted by molar-refractivity contribution is 6.18. The molecule has 0 saturated heterocycles. The summed E-state index contributed by atoms with van der Waals surface area (Å²) in [6.45, 7) is 1.48. The van der Waals surface area contributed by atoms with E-state index in [9.17, 15) is 4.79 Å². The lowest BCUT2D eigenvalue weighted by Gasteiger charge is -2.09. The zero-order valence-electron chi connectivity index (χ0n) is 8.22. The van der Waals surface area contributed by atoms with Gasteiger partial charge in [0.2, 0.25) is 5.91 Å². The summed E-state index contributed by atoms with van der Waals surface area (Å²) in [6, 6.07) is 0. The van der Waals surface area contributed by atoms with Gasteiger partial charge in [-0.05, 0) is 0 Å². The Balaban J connectivity index is 3.26. The van der Waals surface area contributed by atoms with Gasteiger partial charge in [-0.25, -0.2) is 0 Å². The number of amides is 1. The second-order valence-corrected chi connectivity index (χ2v) is 3.18. The first kappa shape index (κ1) is 12.5. The Bertz CT molecular complexity index is 169. The lowest BCUT2D eigenvalue weighted by Crippen LogP contribution is -2.26. The van der Waals surface area contributed by atoms with E-state index < -0.39 is 0 Å². The molecule has 0 bridgehead atoms. The van der Waals surface area contributed by atoms with E-state index in [4.69, 9.17) is 11.6 Å². The van der Waals surface area contributed by atoms with Crippen molar-refractivity contribution in [3.63, 3.8) is 0 Å². The summed E-state index contributed by atoms with van der Waals surface area (Å²) in [6.07, 6.45) is 4.37. The predicted molar refractivity (Wildman–Crippen MR) is 56.0 cm³/mol. The van der Waals surface area contributed by atoms with E-state index in [2.05, 4.69) is 5.32 Å². The Morgan fingerprint density at radius 1 is 1.46 bits per heavy atom. The summed E-state index contributed by atoms with van der Waals surface area (Å²) >= 11 is 5.43. The van der Waals surface area contributed by atoms with Crippen molar-refractivity contribution in [2.45, 2.75) is 6.42 Å². The molecule has 0 spiro atoms. The summed E-state index contributed by atoms with van der Waals surface area (Å²) in [5.41, 5.74) is 0. The van der Waals surface area contributed by atoms with E-state index in [-0.39, 0.29) is 5.91 Å². The smallest absolute Gasteiger partial charge is 0.223 e. The Labute approximate surface area is 84.7 Å². The Kier molecular flexibility index (Phi) is 7.74. The largest absolute Gasteiger partial charge is 0.349 e.